The predicted octanol–water partition coefficient (Wildman–Crippen LogP) is 4.19. The van der Waals surface area contributed by atoms with Crippen LogP contribution >= 0.6 is 24.0 Å². The second-order valence-corrected chi connectivity index (χ2v) is 10.7. The van der Waals surface area contributed by atoms with Gasteiger partial charge in [0.05, 0.1) is 16.3 Å². The van der Waals surface area contributed by atoms with Crippen molar-refractivity contribution < 1.29 is 22.7 Å². The molecule has 10 heteroatoms. The Morgan fingerprint density at radius 3 is 2.29 bits per heavy atom. The van der Waals surface area contributed by atoms with Crippen LogP contribution in [0.3, 0.4) is 0 Å². The number of rotatable bonds is 9. The van der Waals surface area contributed by atoms with Crippen LogP contribution in [0.2, 0.25) is 0 Å². The highest BCUT2D eigenvalue weighted by atomic mass is 32.2. The number of ether oxygens (including phenoxy) is 2. The van der Waals surface area contributed by atoms with Crippen LogP contribution in [-0.4, -0.2) is 36.8 Å². The fourth-order valence-corrected chi connectivity index (χ4v) is 5.07. The first kappa shape index (κ1) is 24.9. The van der Waals surface area contributed by atoms with Crippen LogP contribution in [0.25, 0.3) is 6.08 Å². The molecule has 0 aliphatic carbocycles. The highest BCUT2D eigenvalue weighted by Crippen LogP contribution is 2.35. The minimum Gasteiger partial charge on any atom is -0.490 e. The van der Waals surface area contributed by atoms with Crippen molar-refractivity contribution in [1.29, 1.82) is 0 Å². The Hall–Kier alpha value is -3.18. The molecule has 1 aliphatic heterocycles. The molecule has 2 N–H and O–H groups in total. The van der Waals surface area contributed by atoms with Gasteiger partial charge in [0.15, 0.2) is 0 Å². The van der Waals surface area contributed by atoms with E-state index in [0.29, 0.717) is 28.2 Å². The van der Waals surface area contributed by atoms with E-state index < -0.39 is 10.0 Å². The monoisotopic (exact) mass is 526 g/mol. The first-order chi connectivity index (χ1) is 16.8. The minimum absolute atomic E-state index is 0.0114. The van der Waals surface area contributed by atoms with Gasteiger partial charge in [-0.3, -0.25) is 9.69 Å². The molecule has 1 aliphatic rings. The zero-order valence-corrected chi connectivity index (χ0v) is 20.9. The van der Waals surface area contributed by atoms with E-state index in [2.05, 4.69) is 0 Å². The van der Waals surface area contributed by atoms with Gasteiger partial charge >= 0.3 is 0 Å². The molecule has 0 bridgehead atoms. The van der Waals surface area contributed by atoms with Gasteiger partial charge in [-0.05, 0) is 42.0 Å². The lowest BCUT2D eigenvalue weighted by Gasteiger charge is -2.14. The lowest BCUT2D eigenvalue weighted by atomic mass is 10.1. The molecular formula is C25H22N2O5S3. The number of hydrogen-bond donors (Lipinski definition) is 1. The molecule has 3 aromatic carbocycles. The smallest absolute Gasteiger partial charge is 0.266 e. The van der Waals surface area contributed by atoms with Crippen molar-refractivity contribution >= 4 is 50.3 Å². The number of sulfonamides is 1. The predicted molar refractivity (Wildman–Crippen MR) is 140 cm³/mol. The Morgan fingerprint density at radius 1 is 0.914 bits per heavy atom. The number of carbonyl (C=O) groups is 1. The number of thioether (sulfide) groups is 1. The summed E-state index contributed by atoms with van der Waals surface area (Å²) in [6, 6.07) is 23.0. The molecule has 3 aromatic rings. The number of nitrogens with zero attached hydrogens (tertiary/aromatic N) is 1. The van der Waals surface area contributed by atoms with E-state index in [9.17, 15) is 13.2 Å². The largest absolute Gasteiger partial charge is 0.490 e. The van der Waals surface area contributed by atoms with Crippen LogP contribution in [0, 0.1) is 0 Å². The van der Waals surface area contributed by atoms with Gasteiger partial charge in [0.2, 0.25) is 10.0 Å². The van der Waals surface area contributed by atoms with Crippen LogP contribution in [-0.2, 0) is 21.4 Å². The number of nitrogens with two attached hydrogens (primary N) is 1. The van der Waals surface area contributed by atoms with Crippen LogP contribution in [0.15, 0.2) is 88.7 Å². The molecule has 0 unspecified atom stereocenters. The Bertz CT molecular complexity index is 1360. The van der Waals surface area contributed by atoms with Crippen molar-refractivity contribution in [2.45, 2.75) is 11.4 Å². The Kier molecular flexibility index (Phi) is 7.86. The number of amides is 1. The van der Waals surface area contributed by atoms with Gasteiger partial charge in [0.1, 0.15) is 29.0 Å². The van der Waals surface area contributed by atoms with Gasteiger partial charge in [0.25, 0.3) is 5.91 Å². The third kappa shape index (κ3) is 6.49. The van der Waals surface area contributed by atoms with Crippen LogP contribution in [0.1, 0.15) is 11.1 Å². The first-order valence-corrected chi connectivity index (χ1v) is 13.4. The zero-order chi connectivity index (χ0) is 24.8. The standard InChI is InChI=1S/C25H22N2O5S3/c26-35(29,30)21-12-10-18(11-13-21)17-27-24(28)23(34-25(27)33)16-19-6-4-5-9-22(19)32-15-14-31-20-7-2-1-3-8-20/h1-13,16H,14-15,17H2,(H2,26,29,30). The zero-order valence-electron chi connectivity index (χ0n) is 18.5. The summed E-state index contributed by atoms with van der Waals surface area (Å²) in [4.78, 5) is 15.0. The molecule has 7 nitrogen and oxygen atoms in total. The van der Waals surface area contributed by atoms with Crippen LogP contribution < -0.4 is 14.6 Å². The number of thiocarbonyl (C=S) groups is 1. The summed E-state index contributed by atoms with van der Waals surface area (Å²) in [6.07, 6.45) is 1.76. The molecule has 0 atom stereocenters. The van der Waals surface area contributed by atoms with Gasteiger partial charge in [-0.25, -0.2) is 13.6 Å². The molecule has 4 rings (SSSR count). The summed E-state index contributed by atoms with van der Waals surface area (Å²) in [7, 11) is -3.78. The van der Waals surface area contributed by atoms with E-state index in [4.69, 9.17) is 26.8 Å². The fourth-order valence-electron chi connectivity index (χ4n) is 3.30. The van der Waals surface area contributed by atoms with Gasteiger partial charge in [-0.1, -0.05) is 72.5 Å². The second kappa shape index (κ2) is 11.0. The van der Waals surface area contributed by atoms with Crippen molar-refractivity contribution in [2.75, 3.05) is 13.2 Å². The molecular weight excluding hydrogens is 504 g/mol. The van der Waals surface area contributed by atoms with E-state index in [1.165, 1.54) is 28.8 Å². The van der Waals surface area contributed by atoms with Crippen molar-refractivity contribution in [3.8, 4) is 11.5 Å². The maximum absolute atomic E-state index is 13.1. The van der Waals surface area contributed by atoms with E-state index in [-0.39, 0.29) is 17.3 Å². The third-order valence-corrected chi connectivity index (χ3v) is 7.33. The molecule has 1 amide bonds. The van der Waals surface area contributed by atoms with Gasteiger partial charge < -0.3 is 9.47 Å². The van der Waals surface area contributed by atoms with Crippen LogP contribution in [0.4, 0.5) is 0 Å². The second-order valence-electron chi connectivity index (χ2n) is 7.50. The SMILES string of the molecule is NS(=O)(=O)c1ccc(CN2C(=O)C(=Cc3ccccc3OCCOc3ccccc3)SC2=S)cc1. The first-order valence-electron chi connectivity index (χ1n) is 10.6. The normalized spacial score (nSPS) is 15.0. The molecule has 1 saturated heterocycles. The lowest BCUT2D eigenvalue weighted by molar-refractivity contribution is -0.122. The van der Waals surface area contributed by atoms with Gasteiger partial charge in [0, 0.05) is 5.56 Å². The molecule has 35 heavy (non-hydrogen) atoms. The van der Waals surface area contributed by atoms with E-state index >= 15 is 0 Å². The average Bonchev–Trinajstić information content (AvgIpc) is 3.10. The summed E-state index contributed by atoms with van der Waals surface area (Å²) in [5.74, 6) is 1.18. The van der Waals surface area contributed by atoms with Crippen molar-refractivity contribution in [1.82, 2.24) is 4.90 Å². The van der Waals surface area contributed by atoms with Gasteiger partial charge in [-0.15, -0.1) is 0 Å². The summed E-state index contributed by atoms with van der Waals surface area (Å²) in [6.45, 7) is 0.946. The maximum Gasteiger partial charge on any atom is 0.266 e. The number of primary sulfonamides is 1. The van der Waals surface area contributed by atoms with Gasteiger partial charge in [-0.2, -0.15) is 0 Å². The van der Waals surface area contributed by atoms with Crippen molar-refractivity contribution in [2.24, 2.45) is 5.14 Å². The molecule has 0 saturated carbocycles. The van der Waals surface area contributed by atoms with Crippen molar-refractivity contribution in [3.63, 3.8) is 0 Å². The number of carbonyl (C=O) groups excluding carboxylic acids is 1. The minimum atomic E-state index is -3.78. The molecule has 180 valence electrons. The third-order valence-electron chi connectivity index (χ3n) is 5.02. The Morgan fingerprint density at radius 2 is 1.57 bits per heavy atom. The molecule has 1 fully saturated rings. The average molecular weight is 527 g/mol. The summed E-state index contributed by atoms with van der Waals surface area (Å²) < 4.78 is 34.9. The topological polar surface area (TPSA) is 98.9 Å². The molecule has 0 spiro atoms. The lowest BCUT2D eigenvalue weighted by Crippen LogP contribution is -2.27. The maximum atomic E-state index is 13.1. The molecule has 0 radical (unpaired) electrons. The number of para-hydroxylation sites is 2. The van der Waals surface area contributed by atoms with E-state index in [1.807, 2.05) is 54.6 Å². The van der Waals surface area contributed by atoms with Crippen LogP contribution in [0.5, 0.6) is 11.5 Å². The molecule has 1 heterocycles. The summed E-state index contributed by atoms with van der Waals surface area (Å²) in [5, 5.41) is 5.14. The highest BCUT2D eigenvalue weighted by Gasteiger charge is 2.32. The fraction of sp³-hybridized carbons (Fsp3) is 0.120. The Labute approximate surface area is 213 Å². The van der Waals surface area contributed by atoms with Crippen molar-refractivity contribution in [3.05, 3.63) is 94.9 Å². The van der Waals surface area contributed by atoms with E-state index in [0.717, 1.165) is 16.9 Å². The number of hydrogen-bond acceptors (Lipinski definition) is 7. The number of benzene rings is 3. The van der Waals surface area contributed by atoms with E-state index in [1.54, 1.807) is 18.2 Å². The summed E-state index contributed by atoms with van der Waals surface area (Å²) >= 11 is 6.63. The molecule has 0 aromatic heterocycles. The summed E-state index contributed by atoms with van der Waals surface area (Å²) in [5.41, 5.74) is 1.49. The highest BCUT2D eigenvalue weighted by molar-refractivity contribution is 8.26. The Balaban J connectivity index is 1.41. The quantitative estimate of drug-likeness (QED) is 0.254.